The standard InChI is InChI=1S/C26H34N2O3.C19H28N2O3.CO2/c1-3-21-31-25(30)26(28(24(29)4-2)23-13-9-6-10-14-23)16-19-27(20-17-26)18-15-22-11-7-5-8-12-22;1-2-13-20-14-11-17(12-15-20)21(16-7-4-3-5-8-16)18(22)9-6-10-19(23)24;2-1-3/h5-14H,3-4,15-21H2,1-2H3;3-5,7-8,17H,2,6,9-15H2,1H3,(H,23,24);. The van der Waals surface area contributed by atoms with Gasteiger partial charge in [-0.3, -0.25) is 19.3 Å². The van der Waals surface area contributed by atoms with Gasteiger partial charge >= 0.3 is 18.1 Å². The molecule has 1 N–H and O–H groups in total. The van der Waals surface area contributed by atoms with Crippen molar-refractivity contribution in [1.29, 1.82) is 0 Å². The number of hydrogen-bond acceptors (Lipinski definition) is 9. The van der Waals surface area contributed by atoms with Crippen molar-refractivity contribution < 1.29 is 38.6 Å². The van der Waals surface area contributed by atoms with Crippen molar-refractivity contribution in [1.82, 2.24) is 9.80 Å². The van der Waals surface area contributed by atoms with E-state index in [1.54, 1.807) is 4.90 Å². The number of anilines is 2. The van der Waals surface area contributed by atoms with Crippen molar-refractivity contribution in [3.63, 3.8) is 0 Å². The number of hydrogen-bond donors (Lipinski definition) is 1. The fraction of sp³-hybridized carbons (Fsp3) is 0.500. The Labute approximate surface area is 344 Å². The Morgan fingerprint density at radius 1 is 0.724 bits per heavy atom. The number of carboxylic acids is 1. The van der Waals surface area contributed by atoms with E-state index >= 15 is 0 Å². The highest BCUT2D eigenvalue weighted by molar-refractivity contribution is 6.02. The molecule has 2 aliphatic heterocycles. The first-order valence-corrected chi connectivity index (χ1v) is 20.8. The molecule has 0 aliphatic carbocycles. The summed E-state index contributed by atoms with van der Waals surface area (Å²) in [6.45, 7) is 12.0. The Morgan fingerprint density at radius 3 is 1.78 bits per heavy atom. The van der Waals surface area contributed by atoms with E-state index in [-0.39, 0.29) is 42.8 Å². The molecule has 0 spiro atoms. The van der Waals surface area contributed by atoms with Crippen LogP contribution in [0.4, 0.5) is 11.4 Å². The van der Waals surface area contributed by atoms with Gasteiger partial charge < -0.3 is 24.5 Å². The first-order valence-electron chi connectivity index (χ1n) is 20.8. The van der Waals surface area contributed by atoms with Gasteiger partial charge in [-0.2, -0.15) is 9.59 Å². The smallest absolute Gasteiger partial charge is 0.373 e. The van der Waals surface area contributed by atoms with Gasteiger partial charge in [-0.15, -0.1) is 0 Å². The lowest BCUT2D eigenvalue weighted by atomic mass is 9.84. The SMILES string of the molecule is CCCN1CCC(N(C(=O)CCCC(=O)O)c2ccccc2)CC1.CCCOC(=O)C1(N(C(=O)CC)c2ccccc2)CCN(CCc2ccccc2)CC1.O=C=O. The average Bonchev–Trinajstić information content (AvgIpc) is 3.25. The van der Waals surface area contributed by atoms with Crippen LogP contribution in [-0.2, 0) is 39.9 Å². The quantitative estimate of drug-likeness (QED) is 0.141. The number of piperidine rings is 2. The van der Waals surface area contributed by atoms with E-state index in [1.165, 1.54) is 5.56 Å². The molecule has 314 valence electrons. The summed E-state index contributed by atoms with van der Waals surface area (Å²) in [7, 11) is 0. The van der Waals surface area contributed by atoms with E-state index in [0.717, 1.165) is 82.7 Å². The Kier molecular flexibility index (Phi) is 21.1. The number of likely N-dealkylation sites (tertiary alicyclic amines) is 2. The van der Waals surface area contributed by atoms with Gasteiger partial charge in [0.1, 0.15) is 5.54 Å². The average molecular weight is 799 g/mol. The number of carbonyl (C=O) groups is 4. The molecule has 0 unspecified atom stereocenters. The molecule has 2 aliphatic rings. The maximum absolute atomic E-state index is 13.4. The molecule has 0 bridgehead atoms. The first-order chi connectivity index (χ1) is 28.1. The van der Waals surface area contributed by atoms with Crippen LogP contribution >= 0.6 is 0 Å². The van der Waals surface area contributed by atoms with Crippen molar-refractivity contribution in [3.8, 4) is 0 Å². The van der Waals surface area contributed by atoms with Gasteiger partial charge in [0.25, 0.3) is 0 Å². The van der Waals surface area contributed by atoms with Gasteiger partial charge in [0, 0.05) is 69.4 Å². The summed E-state index contributed by atoms with van der Waals surface area (Å²) >= 11 is 0. The van der Waals surface area contributed by atoms with Gasteiger partial charge in [0.2, 0.25) is 11.8 Å². The van der Waals surface area contributed by atoms with Crippen molar-refractivity contribution in [3.05, 3.63) is 96.6 Å². The molecule has 58 heavy (non-hydrogen) atoms. The van der Waals surface area contributed by atoms with E-state index in [4.69, 9.17) is 19.4 Å². The van der Waals surface area contributed by atoms with Crippen molar-refractivity contribution in [2.24, 2.45) is 0 Å². The highest BCUT2D eigenvalue weighted by Gasteiger charge is 2.50. The number of rotatable bonds is 17. The summed E-state index contributed by atoms with van der Waals surface area (Å²) in [5.41, 5.74) is 2.05. The normalized spacial score (nSPS) is 15.3. The lowest BCUT2D eigenvalue weighted by Crippen LogP contribution is -2.63. The minimum absolute atomic E-state index is 0.0383. The van der Waals surface area contributed by atoms with Gasteiger partial charge in [-0.25, -0.2) is 4.79 Å². The molecule has 2 fully saturated rings. The molecule has 2 amide bonds. The number of nitrogens with zero attached hydrogens (tertiary/aromatic N) is 4. The summed E-state index contributed by atoms with van der Waals surface area (Å²) in [5.74, 6) is -1.13. The Bertz CT molecular complexity index is 1690. The number of amides is 2. The second-order valence-corrected chi connectivity index (χ2v) is 14.7. The fourth-order valence-electron chi connectivity index (χ4n) is 7.67. The van der Waals surface area contributed by atoms with E-state index in [0.29, 0.717) is 32.3 Å². The topological polar surface area (TPSA) is 145 Å². The molecular formula is C46H62N4O8. The van der Waals surface area contributed by atoms with Crippen LogP contribution < -0.4 is 9.80 Å². The summed E-state index contributed by atoms with van der Waals surface area (Å²) in [4.78, 5) is 74.6. The molecule has 12 heteroatoms. The van der Waals surface area contributed by atoms with Gasteiger partial charge in [-0.1, -0.05) is 87.5 Å². The van der Waals surface area contributed by atoms with Gasteiger partial charge in [0.15, 0.2) is 0 Å². The third kappa shape index (κ3) is 14.7. The number of carbonyl (C=O) groups excluding carboxylic acids is 5. The van der Waals surface area contributed by atoms with Crippen LogP contribution in [-0.4, -0.2) is 102 Å². The summed E-state index contributed by atoms with van der Waals surface area (Å²) in [6, 6.07) is 30.0. The second-order valence-electron chi connectivity index (χ2n) is 14.7. The third-order valence-corrected chi connectivity index (χ3v) is 10.6. The minimum atomic E-state index is -0.952. The second kappa shape index (κ2) is 26.0. The van der Waals surface area contributed by atoms with Crippen LogP contribution in [0.5, 0.6) is 0 Å². The molecule has 0 radical (unpaired) electrons. The van der Waals surface area contributed by atoms with E-state index < -0.39 is 11.5 Å². The lowest BCUT2D eigenvalue weighted by molar-refractivity contribution is -0.191. The van der Waals surface area contributed by atoms with Gasteiger partial charge in [-0.05, 0) is 87.7 Å². The zero-order valence-corrected chi connectivity index (χ0v) is 34.6. The molecular weight excluding hydrogens is 737 g/mol. The highest BCUT2D eigenvalue weighted by atomic mass is 16.5. The Morgan fingerprint density at radius 2 is 1.26 bits per heavy atom. The molecule has 0 atom stereocenters. The highest BCUT2D eigenvalue weighted by Crippen LogP contribution is 2.36. The first kappa shape index (κ1) is 47.2. The number of benzene rings is 3. The zero-order chi connectivity index (χ0) is 42.2. The summed E-state index contributed by atoms with van der Waals surface area (Å²) < 4.78 is 5.64. The number of ether oxygens (including phenoxy) is 1. The van der Waals surface area contributed by atoms with Crippen LogP contribution in [0.15, 0.2) is 91.0 Å². The van der Waals surface area contributed by atoms with E-state index in [1.807, 2.05) is 85.5 Å². The molecule has 2 heterocycles. The van der Waals surface area contributed by atoms with Crippen LogP contribution in [0.3, 0.4) is 0 Å². The van der Waals surface area contributed by atoms with Crippen molar-refractivity contribution >= 4 is 41.3 Å². The molecule has 3 aromatic carbocycles. The van der Waals surface area contributed by atoms with Crippen LogP contribution in [0.25, 0.3) is 0 Å². The zero-order valence-electron chi connectivity index (χ0n) is 34.6. The monoisotopic (exact) mass is 798 g/mol. The minimum Gasteiger partial charge on any atom is -0.481 e. The number of carboxylic acid groups (broad SMARTS) is 1. The number of para-hydroxylation sites is 2. The largest absolute Gasteiger partial charge is 0.481 e. The summed E-state index contributed by atoms with van der Waals surface area (Å²) in [6.07, 6.45) is 7.31. The predicted molar refractivity (Wildman–Crippen MR) is 224 cm³/mol. The van der Waals surface area contributed by atoms with Gasteiger partial charge in [0.05, 0.1) is 6.61 Å². The molecule has 5 rings (SSSR count). The molecule has 12 nitrogen and oxygen atoms in total. The Balaban J connectivity index is 0.000000299. The van der Waals surface area contributed by atoms with E-state index in [2.05, 4.69) is 41.0 Å². The number of aliphatic carboxylic acids is 1. The Hall–Kier alpha value is -5.16. The van der Waals surface area contributed by atoms with Crippen LogP contribution in [0.2, 0.25) is 0 Å². The third-order valence-electron chi connectivity index (χ3n) is 10.6. The van der Waals surface area contributed by atoms with E-state index in [9.17, 15) is 19.2 Å². The maximum atomic E-state index is 13.4. The number of esters is 1. The fourth-order valence-corrected chi connectivity index (χ4v) is 7.67. The van der Waals surface area contributed by atoms with Crippen molar-refractivity contribution in [2.75, 3.05) is 55.7 Å². The molecule has 0 aromatic heterocycles. The maximum Gasteiger partial charge on any atom is 0.373 e. The van der Waals surface area contributed by atoms with Crippen molar-refractivity contribution in [2.45, 2.75) is 103 Å². The van der Waals surface area contributed by atoms with Crippen LogP contribution in [0.1, 0.15) is 90.5 Å². The lowest BCUT2D eigenvalue weighted by Gasteiger charge is -2.46. The molecule has 2 saturated heterocycles. The molecule has 3 aromatic rings. The summed E-state index contributed by atoms with van der Waals surface area (Å²) in [5, 5.41) is 8.78. The molecule has 0 saturated carbocycles. The van der Waals surface area contributed by atoms with Crippen LogP contribution in [0, 0.1) is 0 Å². The predicted octanol–water partition coefficient (Wildman–Crippen LogP) is 7.03.